The van der Waals surface area contributed by atoms with E-state index in [9.17, 15) is 0 Å². The van der Waals surface area contributed by atoms with E-state index in [1.807, 2.05) is 0 Å². The molecule has 0 radical (unpaired) electrons. The molecule has 0 saturated carbocycles. The number of hydrogen-bond donors (Lipinski definition) is 1. The van der Waals surface area contributed by atoms with Gasteiger partial charge < -0.3 is 9.88 Å². The minimum absolute atomic E-state index is 0.253. The Bertz CT molecular complexity index is 600. The molecule has 0 aliphatic carbocycles. The molecule has 2 aromatic rings. The standard InChI is InChI=1S/C18H27N3/c1-4-9-18(10-12-19-13-11-18)17-20-15-7-5-6-8-16(15)21(17)14(2)3/h5-8,14,19H,4,9-13H2,1-3H3. The van der Waals surface area contributed by atoms with Gasteiger partial charge in [0.2, 0.25) is 0 Å². The van der Waals surface area contributed by atoms with Crippen LogP contribution in [0, 0.1) is 0 Å². The summed E-state index contributed by atoms with van der Waals surface area (Å²) in [5, 5.41) is 3.51. The van der Waals surface area contributed by atoms with Crippen molar-refractivity contribution >= 4 is 11.0 Å². The highest BCUT2D eigenvalue weighted by atomic mass is 15.1. The molecule has 1 N–H and O–H groups in total. The van der Waals surface area contributed by atoms with Crippen molar-refractivity contribution in [2.45, 2.75) is 57.9 Å². The zero-order valence-corrected chi connectivity index (χ0v) is 13.5. The topological polar surface area (TPSA) is 29.9 Å². The molecule has 3 rings (SSSR count). The Morgan fingerprint density at radius 1 is 1.24 bits per heavy atom. The van der Waals surface area contributed by atoms with Crippen molar-refractivity contribution in [3.8, 4) is 0 Å². The number of imidazole rings is 1. The number of nitrogens with one attached hydrogen (secondary N) is 1. The lowest BCUT2D eigenvalue weighted by atomic mass is 9.74. The number of piperidine rings is 1. The number of aromatic nitrogens is 2. The molecule has 114 valence electrons. The second-order valence-electron chi connectivity index (χ2n) is 6.67. The quantitative estimate of drug-likeness (QED) is 0.919. The maximum Gasteiger partial charge on any atom is 0.116 e. The second-order valence-corrected chi connectivity index (χ2v) is 6.67. The zero-order valence-electron chi connectivity index (χ0n) is 13.5. The average Bonchev–Trinajstić information content (AvgIpc) is 2.88. The lowest BCUT2D eigenvalue weighted by molar-refractivity contribution is 0.260. The molecule has 21 heavy (non-hydrogen) atoms. The smallest absolute Gasteiger partial charge is 0.116 e. The molecule has 0 spiro atoms. The summed E-state index contributed by atoms with van der Waals surface area (Å²) in [6.45, 7) is 9.07. The van der Waals surface area contributed by atoms with Crippen LogP contribution in [0.15, 0.2) is 24.3 Å². The van der Waals surface area contributed by atoms with Gasteiger partial charge >= 0.3 is 0 Å². The van der Waals surface area contributed by atoms with Gasteiger partial charge in [0.1, 0.15) is 5.82 Å². The minimum Gasteiger partial charge on any atom is -0.325 e. The van der Waals surface area contributed by atoms with Crippen LogP contribution in [0.25, 0.3) is 11.0 Å². The third kappa shape index (κ3) is 2.48. The Morgan fingerprint density at radius 3 is 2.62 bits per heavy atom. The molecular weight excluding hydrogens is 258 g/mol. The molecule has 1 saturated heterocycles. The number of benzene rings is 1. The molecule has 1 fully saturated rings. The van der Waals surface area contributed by atoms with E-state index in [2.05, 4.69) is 54.9 Å². The third-order valence-electron chi connectivity index (χ3n) is 4.88. The van der Waals surface area contributed by atoms with Crippen molar-refractivity contribution in [3.05, 3.63) is 30.1 Å². The fourth-order valence-electron chi connectivity index (χ4n) is 3.91. The van der Waals surface area contributed by atoms with Crippen molar-refractivity contribution in [1.29, 1.82) is 0 Å². The number of hydrogen-bond acceptors (Lipinski definition) is 2. The fourth-order valence-corrected chi connectivity index (χ4v) is 3.91. The van der Waals surface area contributed by atoms with E-state index in [4.69, 9.17) is 4.98 Å². The van der Waals surface area contributed by atoms with E-state index in [1.165, 1.54) is 37.0 Å². The summed E-state index contributed by atoms with van der Waals surface area (Å²) in [6, 6.07) is 9.04. The Hall–Kier alpha value is -1.35. The van der Waals surface area contributed by atoms with E-state index in [1.54, 1.807) is 0 Å². The maximum absolute atomic E-state index is 5.08. The van der Waals surface area contributed by atoms with Gasteiger partial charge in [-0.1, -0.05) is 25.5 Å². The number of fused-ring (bicyclic) bond motifs is 1. The Kier molecular flexibility index (Phi) is 4.03. The Balaban J connectivity index is 2.19. The summed E-state index contributed by atoms with van der Waals surface area (Å²) in [7, 11) is 0. The van der Waals surface area contributed by atoms with Crippen LogP contribution < -0.4 is 5.32 Å². The first-order chi connectivity index (χ1) is 10.2. The highest BCUT2D eigenvalue weighted by molar-refractivity contribution is 5.76. The molecule has 1 aliphatic heterocycles. The van der Waals surface area contributed by atoms with Crippen LogP contribution >= 0.6 is 0 Å². The van der Waals surface area contributed by atoms with Gasteiger partial charge in [-0.25, -0.2) is 4.98 Å². The van der Waals surface area contributed by atoms with Crippen LogP contribution in [0.1, 0.15) is 58.3 Å². The lowest BCUT2D eigenvalue weighted by Crippen LogP contribution is -2.41. The molecule has 0 amide bonds. The van der Waals surface area contributed by atoms with Gasteiger partial charge in [-0.15, -0.1) is 0 Å². The van der Waals surface area contributed by atoms with Crippen molar-refractivity contribution in [3.63, 3.8) is 0 Å². The molecule has 0 atom stereocenters. The number of para-hydroxylation sites is 2. The number of rotatable bonds is 4. The lowest BCUT2D eigenvalue weighted by Gasteiger charge is -2.38. The molecule has 1 aliphatic rings. The zero-order chi connectivity index (χ0) is 14.9. The summed E-state index contributed by atoms with van der Waals surface area (Å²) in [5.74, 6) is 1.32. The van der Waals surface area contributed by atoms with Crippen LogP contribution in [0.3, 0.4) is 0 Å². The van der Waals surface area contributed by atoms with E-state index in [-0.39, 0.29) is 5.41 Å². The van der Waals surface area contributed by atoms with E-state index in [0.717, 1.165) is 18.6 Å². The maximum atomic E-state index is 5.08. The molecule has 1 aromatic carbocycles. The van der Waals surface area contributed by atoms with Gasteiger partial charge in [0.05, 0.1) is 11.0 Å². The first-order valence-corrected chi connectivity index (χ1v) is 8.36. The monoisotopic (exact) mass is 285 g/mol. The summed E-state index contributed by atoms with van der Waals surface area (Å²) in [6.07, 6.45) is 4.87. The van der Waals surface area contributed by atoms with Crippen LogP contribution in [-0.2, 0) is 5.41 Å². The van der Waals surface area contributed by atoms with Crippen molar-refractivity contribution in [1.82, 2.24) is 14.9 Å². The normalized spacial score (nSPS) is 18.5. The van der Waals surface area contributed by atoms with E-state index in [0.29, 0.717) is 6.04 Å². The van der Waals surface area contributed by atoms with Gasteiger partial charge in [0.25, 0.3) is 0 Å². The first kappa shape index (κ1) is 14.6. The van der Waals surface area contributed by atoms with Crippen molar-refractivity contribution in [2.24, 2.45) is 0 Å². The SMILES string of the molecule is CCCC1(c2nc3ccccc3n2C(C)C)CCNCC1. The fraction of sp³-hybridized carbons (Fsp3) is 0.611. The van der Waals surface area contributed by atoms with Crippen LogP contribution in [0.4, 0.5) is 0 Å². The van der Waals surface area contributed by atoms with Crippen LogP contribution in [0.2, 0.25) is 0 Å². The van der Waals surface area contributed by atoms with Gasteiger partial charge in [-0.3, -0.25) is 0 Å². The van der Waals surface area contributed by atoms with E-state index < -0.39 is 0 Å². The van der Waals surface area contributed by atoms with Crippen molar-refractivity contribution < 1.29 is 0 Å². The van der Waals surface area contributed by atoms with Gasteiger partial charge in [-0.2, -0.15) is 0 Å². The number of nitrogens with zero attached hydrogens (tertiary/aromatic N) is 2. The summed E-state index contributed by atoms with van der Waals surface area (Å²) in [4.78, 5) is 5.08. The molecule has 1 aromatic heterocycles. The minimum atomic E-state index is 0.253. The highest BCUT2D eigenvalue weighted by Crippen LogP contribution is 2.40. The predicted molar refractivity (Wildman–Crippen MR) is 88.8 cm³/mol. The summed E-state index contributed by atoms with van der Waals surface area (Å²) >= 11 is 0. The van der Waals surface area contributed by atoms with E-state index >= 15 is 0 Å². The highest BCUT2D eigenvalue weighted by Gasteiger charge is 2.38. The average molecular weight is 285 g/mol. The Labute approximate surface area is 127 Å². The second kappa shape index (κ2) is 5.80. The largest absolute Gasteiger partial charge is 0.325 e. The Morgan fingerprint density at radius 2 is 1.95 bits per heavy atom. The molecule has 3 nitrogen and oxygen atoms in total. The van der Waals surface area contributed by atoms with Gasteiger partial charge in [0.15, 0.2) is 0 Å². The van der Waals surface area contributed by atoms with Crippen LogP contribution in [-0.4, -0.2) is 22.6 Å². The molecule has 3 heteroatoms. The van der Waals surface area contributed by atoms with Gasteiger partial charge in [0, 0.05) is 11.5 Å². The molecule has 0 unspecified atom stereocenters. The third-order valence-corrected chi connectivity index (χ3v) is 4.88. The predicted octanol–water partition coefficient (Wildman–Crippen LogP) is 4.04. The van der Waals surface area contributed by atoms with Crippen LogP contribution in [0.5, 0.6) is 0 Å². The molecule has 2 heterocycles. The summed E-state index contributed by atoms with van der Waals surface area (Å²) in [5.41, 5.74) is 2.69. The van der Waals surface area contributed by atoms with Crippen molar-refractivity contribution in [2.75, 3.05) is 13.1 Å². The molecule has 0 bridgehead atoms. The molecular formula is C18H27N3. The summed E-state index contributed by atoms with van der Waals surface area (Å²) < 4.78 is 2.48. The van der Waals surface area contributed by atoms with Gasteiger partial charge in [-0.05, 0) is 58.3 Å². The first-order valence-electron chi connectivity index (χ1n) is 8.36.